The molecule has 0 bridgehead atoms. The first-order valence-corrected chi connectivity index (χ1v) is 7.40. The number of fused-ring (bicyclic) bond motifs is 1. The van der Waals surface area contributed by atoms with Gasteiger partial charge in [-0.15, -0.1) is 0 Å². The largest absolute Gasteiger partial charge is 0.456 e. The number of hydrogen-bond donors (Lipinski definition) is 1. The van der Waals surface area contributed by atoms with Crippen molar-refractivity contribution >= 4 is 45.2 Å². The molecule has 1 unspecified atom stereocenters. The molecule has 0 aliphatic rings. The van der Waals surface area contributed by atoms with Crippen LogP contribution in [0.4, 0.5) is 4.39 Å². The van der Waals surface area contributed by atoms with Gasteiger partial charge in [0.2, 0.25) is 0 Å². The summed E-state index contributed by atoms with van der Waals surface area (Å²) in [5, 5.41) is 1.31. The zero-order valence-corrected chi connectivity index (χ0v) is 13.2. The number of hydrogen-bond acceptors (Lipinski definition) is 2. The molecule has 2 nitrogen and oxygen atoms in total. The Morgan fingerprint density at radius 1 is 1.20 bits per heavy atom. The molecule has 0 aliphatic heterocycles. The van der Waals surface area contributed by atoms with Gasteiger partial charge in [-0.1, -0.05) is 23.7 Å². The second kappa shape index (κ2) is 5.35. The molecule has 3 aromatic rings. The summed E-state index contributed by atoms with van der Waals surface area (Å²) < 4.78 is 20.2. The highest BCUT2D eigenvalue weighted by Gasteiger charge is 2.18. The van der Waals surface area contributed by atoms with Gasteiger partial charge >= 0.3 is 0 Å². The average molecular weight is 402 g/mol. The fourth-order valence-corrected chi connectivity index (χ4v) is 2.96. The van der Waals surface area contributed by atoms with Gasteiger partial charge in [0.25, 0.3) is 0 Å². The summed E-state index contributed by atoms with van der Waals surface area (Å²) in [7, 11) is 0. The summed E-state index contributed by atoms with van der Waals surface area (Å²) in [5.74, 6) is 0.132. The molecule has 2 aromatic carbocycles. The van der Waals surface area contributed by atoms with Crippen molar-refractivity contribution in [3.8, 4) is 0 Å². The third kappa shape index (κ3) is 2.43. The van der Waals surface area contributed by atoms with Gasteiger partial charge in [-0.25, -0.2) is 4.39 Å². The van der Waals surface area contributed by atoms with Crippen molar-refractivity contribution in [2.45, 2.75) is 6.04 Å². The molecule has 0 spiro atoms. The molecule has 3 rings (SSSR count). The summed E-state index contributed by atoms with van der Waals surface area (Å²) in [4.78, 5) is 0. The summed E-state index contributed by atoms with van der Waals surface area (Å²) in [6.07, 6.45) is 0. The molecular weight excluding hydrogens is 392 g/mol. The van der Waals surface area contributed by atoms with Gasteiger partial charge in [0.05, 0.1) is 6.04 Å². The molecule has 0 saturated carbocycles. The lowest BCUT2D eigenvalue weighted by atomic mass is 10.1. The minimum atomic E-state index is -0.479. The van der Waals surface area contributed by atoms with Crippen molar-refractivity contribution in [3.05, 3.63) is 68.2 Å². The van der Waals surface area contributed by atoms with Crippen LogP contribution >= 0.6 is 34.2 Å². The van der Waals surface area contributed by atoms with Crippen LogP contribution in [0.1, 0.15) is 17.4 Å². The van der Waals surface area contributed by atoms with Crippen LogP contribution in [0.5, 0.6) is 0 Å². The molecular formula is C15H10ClFINO. The highest BCUT2D eigenvalue weighted by atomic mass is 127. The smallest absolute Gasteiger partial charge is 0.169 e. The molecule has 0 aliphatic carbocycles. The van der Waals surface area contributed by atoms with E-state index in [1.807, 2.05) is 6.07 Å². The molecule has 1 aromatic heterocycles. The fraction of sp³-hybridized carbons (Fsp3) is 0.0667. The first-order valence-electron chi connectivity index (χ1n) is 5.95. The molecule has 0 amide bonds. The minimum absolute atomic E-state index is 0.231. The van der Waals surface area contributed by atoms with E-state index < -0.39 is 6.04 Å². The second-order valence-corrected chi connectivity index (χ2v) is 6.05. The van der Waals surface area contributed by atoms with E-state index in [2.05, 4.69) is 22.6 Å². The number of furan rings is 1. The van der Waals surface area contributed by atoms with E-state index in [9.17, 15) is 4.39 Å². The zero-order valence-electron chi connectivity index (χ0n) is 10.2. The van der Waals surface area contributed by atoms with E-state index in [1.54, 1.807) is 30.3 Å². The molecule has 0 radical (unpaired) electrons. The summed E-state index contributed by atoms with van der Waals surface area (Å²) in [5.41, 5.74) is 7.31. The lowest BCUT2D eigenvalue weighted by molar-refractivity contribution is 0.501. The Kier molecular flexibility index (Phi) is 3.70. The number of halogens is 3. The predicted molar refractivity (Wildman–Crippen MR) is 86.4 cm³/mol. The molecule has 102 valence electrons. The number of benzene rings is 2. The van der Waals surface area contributed by atoms with E-state index >= 15 is 0 Å². The van der Waals surface area contributed by atoms with Gasteiger partial charge < -0.3 is 10.2 Å². The maximum atomic E-state index is 13.7. The molecule has 5 heteroatoms. The Labute approximate surface area is 133 Å². The van der Waals surface area contributed by atoms with Gasteiger partial charge in [0.1, 0.15) is 5.76 Å². The molecule has 20 heavy (non-hydrogen) atoms. The van der Waals surface area contributed by atoms with E-state index in [-0.39, 0.29) is 11.4 Å². The van der Waals surface area contributed by atoms with Gasteiger partial charge in [-0.3, -0.25) is 0 Å². The van der Waals surface area contributed by atoms with Gasteiger partial charge in [0.15, 0.2) is 11.4 Å². The van der Waals surface area contributed by atoms with Gasteiger partial charge in [0, 0.05) is 14.0 Å². The molecule has 2 N–H and O–H groups in total. The Balaban J connectivity index is 2.10. The van der Waals surface area contributed by atoms with Crippen molar-refractivity contribution in [3.63, 3.8) is 0 Å². The first kappa shape index (κ1) is 13.9. The van der Waals surface area contributed by atoms with Crippen LogP contribution < -0.4 is 5.73 Å². The molecule has 1 atom stereocenters. The maximum Gasteiger partial charge on any atom is 0.169 e. The number of rotatable bonds is 2. The zero-order chi connectivity index (χ0) is 14.3. The van der Waals surface area contributed by atoms with Crippen LogP contribution in [0.25, 0.3) is 11.0 Å². The van der Waals surface area contributed by atoms with Crippen molar-refractivity contribution in [1.82, 2.24) is 0 Å². The van der Waals surface area contributed by atoms with Crippen molar-refractivity contribution in [2.24, 2.45) is 5.73 Å². The van der Waals surface area contributed by atoms with Crippen LogP contribution in [-0.4, -0.2) is 0 Å². The Hall–Kier alpha value is -1.11. The van der Waals surface area contributed by atoms with E-state index in [4.69, 9.17) is 21.8 Å². The lowest BCUT2D eigenvalue weighted by Crippen LogP contribution is -2.12. The monoisotopic (exact) mass is 401 g/mol. The molecule has 0 fully saturated rings. The lowest BCUT2D eigenvalue weighted by Gasteiger charge is -2.11. The van der Waals surface area contributed by atoms with Crippen LogP contribution in [0.3, 0.4) is 0 Å². The maximum absolute atomic E-state index is 13.7. The van der Waals surface area contributed by atoms with Crippen LogP contribution in [0, 0.1) is 9.39 Å². The SMILES string of the molecule is NC(c1cc2cccc(F)c2o1)c1cc(Cl)ccc1I. The Bertz CT molecular complexity index is 787. The van der Waals surface area contributed by atoms with Gasteiger partial charge in [-0.05, 0) is 58.5 Å². The van der Waals surface area contributed by atoms with Crippen molar-refractivity contribution in [2.75, 3.05) is 0 Å². The summed E-state index contributed by atoms with van der Waals surface area (Å²) in [6, 6.07) is 11.6. The highest BCUT2D eigenvalue weighted by molar-refractivity contribution is 14.1. The summed E-state index contributed by atoms with van der Waals surface area (Å²) >= 11 is 8.19. The average Bonchev–Trinajstić information content (AvgIpc) is 2.86. The van der Waals surface area contributed by atoms with Crippen LogP contribution in [-0.2, 0) is 0 Å². The Morgan fingerprint density at radius 2 is 2.00 bits per heavy atom. The summed E-state index contributed by atoms with van der Waals surface area (Å²) in [6.45, 7) is 0. The molecule has 1 heterocycles. The topological polar surface area (TPSA) is 39.2 Å². The second-order valence-electron chi connectivity index (χ2n) is 4.45. The fourth-order valence-electron chi connectivity index (χ4n) is 2.11. The number of para-hydroxylation sites is 1. The quantitative estimate of drug-likeness (QED) is 0.622. The van der Waals surface area contributed by atoms with E-state index in [0.29, 0.717) is 16.2 Å². The third-order valence-corrected chi connectivity index (χ3v) is 4.33. The number of nitrogens with two attached hydrogens (primary N) is 1. The standard InChI is InChI=1S/C15H10ClFINO/c16-9-4-5-12(18)10(7-9)14(19)13-6-8-2-1-3-11(17)15(8)20-13/h1-7,14H,19H2. The predicted octanol–water partition coefficient (Wildman–Crippen LogP) is 4.88. The van der Waals surface area contributed by atoms with E-state index in [0.717, 1.165) is 9.13 Å². The van der Waals surface area contributed by atoms with Crippen molar-refractivity contribution < 1.29 is 8.81 Å². The Morgan fingerprint density at radius 3 is 2.75 bits per heavy atom. The minimum Gasteiger partial charge on any atom is -0.456 e. The first-order chi connectivity index (χ1) is 9.56. The normalized spacial score (nSPS) is 12.8. The van der Waals surface area contributed by atoms with E-state index in [1.165, 1.54) is 6.07 Å². The van der Waals surface area contributed by atoms with Crippen molar-refractivity contribution in [1.29, 1.82) is 0 Å². The highest BCUT2D eigenvalue weighted by Crippen LogP contribution is 2.31. The molecule has 0 saturated heterocycles. The third-order valence-electron chi connectivity index (χ3n) is 3.11. The van der Waals surface area contributed by atoms with Crippen LogP contribution in [0.2, 0.25) is 5.02 Å². The van der Waals surface area contributed by atoms with Crippen LogP contribution in [0.15, 0.2) is 46.9 Å². The van der Waals surface area contributed by atoms with Gasteiger partial charge in [-0.2, -0.15) is 0 Å².